The molecule has 1 amide bonds. The van der Waals surface area contributed by atoms with Crippen molar-refractivity contribution >= 4 is 33.4 Å². The van der Waals surface area contributed by atoms with Crippen molar-refractivity contribution in [3.05, 3.63) is 33.3 Å². The molecule has 1 aliphatic rings. The summed E-state index contributed by atoms with van der Waals surface area (Å²) in [6.07, 6.45) is 0. The van der Waals surface area contributed by atoms with Crippen molar-refractivity contribution in [3.8, 4) is 0 Å². The third kappa shape index (κ3) is 3.03. The van der Waals surface area contributed by atoms with Gasteiger partial charge in [0.25, 0.3) is 0 Å². The van der Waals surface area contributed by atoms with Crippen molar-refractivity contribution in [3.63, 3.8) is 0 Å². The smallest absolute Gasteiger partial charge is 0.239 e. The number of benzene rings is 1. The topological polar surface area (TPSA) is 58.4 Å². The first-order valence-electron chi connectivity index (χ1n) is 5.78. The van der Waals surface area contributed by atoms with Crippen molar-refractivity contribution in [2.24, 2.45) is 5.73 Å². The number of amides is 1. The maximum Gasteiger partial charge on any atom is 0.239 e. The van der Waals surface area contributed by atoms with Crippen LogP contribution in [-0.4, -0.2) is 37.0 Å². The molecule has 98 valence electrons. The molecule has 3 N–H and O–H groups in total. The van der Waals surface area contributed by atoms with Crippen LogP contribution in [0.2, 0.25) is 5.02 Å². The summed E-state index contributed by atoms with van der Waals surface area (Å²) in [7, 11) is 0. The Bertz CT molecular complexity index is 449. The predicted octanol–water partition coefficient (Wildman–Crippen LogP) is 1.53. The molecule has 2 rings (SSSR count). The molecule has 1 aromatic carbocycles. The Balaban J connectivity index is 2.28. The van der Waals surface area contributed by atoms with Gasteiger partial charge in [-0.15, -0.1) is 0 Å². The van der Waals surface area contributed by atoms with Gasteiger partial charge in [-0.05, 0) is 33.6 Å². The van der Waals surface area contributed by atoms with E-state index in [1.165, 1.54) is 0 Å². The summed E-state index contributed by atoms with van der Waals surface area (Å²) >= 11 is 9.41. The molecular formula is C12H15BrClN3O. The van der Waals surface area contributed by atoms with Gasteiger partial charge in [0.15, 0.2) is 0 Å². The molecule has 0 spiro atoms. The lowest BCUT2D eigenvalue weighted by Crippen LogP contribution is -2.48. The van der Waals surface area contributed by atoms with Crippen LogP contribution in [0.5, 0.6) is 0 Å². The van der Waals surface area contributed by atoms with Crippen LogP contribution in [0.25, 0.3) is 0 Å². The maximum atomic E-state index is 11.7. The molecule has 0 aromatic heterocycles. The largest absolute Gasteiger partial charge is 0.368 e. The highest BCUT2D eigenvalue weighted by Crippen LogP contribution is 2.28. The van der Waals surface area contributed by atoms with Gasteiger partial charge in [-0.2, -0.15) is 0 Å². The number of nitrogens with two attached hydrogens (primary N) is 1. The minimum atomic E-state index is -0.405. The summed E-state index contributed by atoms with van der Waals surface area (Å²) in [5.74, 6) is -0.338. The van der Waals surface area contributed by atoms with Crippen LogP contribution < -0.4 is 11.1 Å². The number of nitrogens with one attached hydrogen (secondary N) is 1. The zero-order chi connectivity index (χ0) is 13.1. The van der Waals surface area contributed by atoms with Crippen LogP contribution in [-0.2, 0) is 4.79 Å². The predicted molar refractivity (Wildman–Crippen MR) is 75.5 cm³/mol. The van der Waals surface area contributed by atoms with Crippen LogP contribution in [0.3, 0.4) is 0 Å². The summed E-state index contributed by atoms with van der Waals surface area (Å²) in [5, 5.41) is 3.84. The molecule has 4 nitrogen and oxygen atoms in total. The van der Waals surface area contributed by atoms with Gasteiger partial charge in [0.2, 0.25) is 5.91 Å². The molecule has 0 radical (unpaired) electrons. The first-order chi connectivity index (χ1) is 8.59. The Morgan fingerprint density at radius 2 is 2.11 bits per heavy atom. The quantitative estimate of drug-likeness (QED) is 0.882. The number of hydrogen-bond donors (Lipinski definition) is 2. The average molecular weight is 333 g/mol. The molecule has 1 aromatic rings. The highest BCUT2D eigenvalue weighted by molar-refractivity contribution is 9.10. The van der Waals surface area contributed by atoms with Gasteiger partial charge in [0.1, 0.15) is 6.04 Å². The Kier molecular flexibility index (Phi) is 4.61. The highest BCUT2D eigenvalue weighted by Gasteiger charge is 2.27. The number of carbonyl (C=O) groups excluding carboxylic acids is 1. The third-order valence-electron chi connectivity index (χ3n) is 3.05. The van der Waals surface area contributed by atoms with Gasteiger partial charge < -0.3 is 11.1 Å². The van der Waals surface area contributed by atoms with E-state index in [0.29, 0.717) is 5.02 Å². The van der Waals surface area contributed by atoms with Crippen LogP contribution >= 0.6 is 27.5 Å². The van der Waals surface area contributed by atoms with Gasteiger partial charge >= 0.3 is 0 Å². The van der Waals surface area contributed by atoms with Gasteiger partial charge in [0.05, 0.1) is 5.02 Å². The van der Waals surface area contributed by atoms with Crippen LogP contribution in [0.15, 0.2) is 22.7 Å². The summed E-state index contributed by atoms with van der Waals surface area (Å²) in [6.45, 7) is 3.35. The number of halogens is 2. The van der Waals surface area contributed by atoms with Gasteiger partial charge in [0, 0.05) is 30.7 Å². The Labute approximate surface area is 120 Å². The van der Waals surface area contributed by atoms with Crippen molar-refractivity contribution in [1.82, 2.24) is 10.2 Å². The molecule has 0 bridgehead atoms. The fourth-order valence-electron chi connectivity index (χ4n) is 2.18. The van der Waals surface area contributed by atoms with Crippen molar-refractivity contribution < 1.29 is 4.79 Å². The van der Waals surface area contributed by atoms with Gasteiger partial charge in [-0.3, -0.25) is 9.69 Å². The van der Waals surface area contributed by atoms with E-state index in [1.54, 1.807) is 6.07 Å². The molecule has 1 unspecified atom stereocenters. The zero-order valence-corrected chi connectivity index (χ0v) is 12.2. The Morgan fingerprint density at radius 1 is 1.44 bits per heavy atom. The summed E-state index contributed by atoms with van der Waals surface area (Å²) in [6, 6.07) is 5.12. The Morgan fingerprint density at radius 3 is 2.67 bits per heavy atom. The molecule has 1 fully saturated rings. The number of rotatable bonds is 3. The second-order valence-electron chi connectivity index (χ2n) is 4.26. The number of hydrogen-bond acceptors (Lipinski definition) is 3. The molecule has 1 atom stereocenters. The molecule has 1 saturated heterocycles. The summed E-state index contributed by atoms with van der Waals surface area (Å²) < 4.78 is 0.816. The number of nitrogens with zero attached hydrogens (tertiary/aromatic N) is 1. The molecule has 1 aliphatic heterocycles. The second kappa shape index (κ2) is 6.02. The van der Waals surface area contributed by atoms with E-state index in [4.69, 9.17) is 17.3 Å². The normalized spacial score (nSPS) is 18.6. The number of piperazine rings is 1. The maximum absolute atomic E-state index is 11.7. The average Bonchev–Trinajstić information content (AvgIpc) is 2.35. The Hall–Kier alpha value is -0.620. The minimum absolute atomic E-state index is 0.338. The first-order valence-corrected chi connectivity index (χ1v) is 6.95. The van der Waals surface area contributed by atoms with E-state index in [1.807, 2.05) is 12.1 Å². The van der Waals surface area contributed by atoms with Crippen LogP contribution in [0.4, 0.5) is 0 Å². The monoisotopic (exact) mass is 331 g/mol. The van der Waals surface area contributed by atoms with Crippen molar-refractivity contribution in [2.45, 2.75) is 6.04 Å². The fraction of sp³-hybridized carbons (Fsp3) is 0.417. The van der Waals surface area contributed by atoms with E-state index in [9.17, 15) is 4.79 Å². The van der Waals surface area contributed by atoms with Gasteiger partial charge in [-0.1, -0.05) is 17.7 Å². The van der Waals surface area contributed by atoms with Crippen molar-refractivity contribution in [2.75, 3.05) is 26.2 Å². The van der Waals surface area contributed by atoms with Gasteiger partial charge in [-0.25, -0.2) is 0 Å². The number of primary amides is 1. The van der Waals surface area contributed by atoms with Crippen LogP contribution in [0.1, 0.15) is 11.6 Å². The highest BCUT2D eigenvalue weighted by atomic mass is 79.9. The lowest BCUT2D eigenvalue weighted by Gasteiger charge is -2.33. The standard InChI is InChI=1S/C12H15BrClN3O/c13-9-2-1-8(7-10(9)14)11(12(15)18)17-5-3-16-4-6-17/h1-2,7,11,16H,3-6H2,(H2,15,18). The number of carbonyl (C=O) groups is 1. The van der Waals surface area contributed by atoms with E-state index >= 15 is 0 Å². The molecule has 1 heterocycles. The SMILES string of the molecule is NC(=O)C(c1ccc(Br)c(Cl)c1)N1CCNCC1. The lowest BCUT2D eigenvalue weighted by atomic mass is 10.0. The zero-order valence-electron chi connectivity index (χ0n) is 9.83. The van der Waals surface area contributed by atoms with Crippen molar-refractivity contribution in [1.29, 1.82) is 0 Å². The molecule has 0 saturated carbocycles. The summed E-state index contributed by atoms with van der Waals surface area (Å²) in [4.78, 5) is 13.8. The fourth-order valence-corrected chi connectivity index (χ4v) is 2.61. The summed E-state index contributed by atoms with van der Waals surface area (Å²) in [5.41, 5.74) is 6.38. The molecular weight excluding hydrogens is 318 g/mol. The van der Waals surface area contributed by atoms with E-state index in [2.05, 4.69) is 26.1 Å². The van der Waals surface area contributed by atoms with E-state index in [-0.39, 0.29) is 5.91 Å². The molecule has 18 heavy (non-hydrogen) atoms. The van der Waals surface area contributed by atoms with E-state index in [0.717, 1.165) is 36.2 Å². The van der Waals surface area contributed by atoms with Crippen LogP contribution in [0, 0.1) is 0 Å². The molecule has 6 heteroatoms. The lowest BCUT2D eigenvalue weighted by molar-refractivity contribution is -0.123. The van der Waals surface area contributed by atoms with E-state index < -0.39 is 6.04 Å². The first kappa shape index (κ1) is 13.8. The molecule has 0 aliphatic carbocycles. The minimum Gasteiger partial charge on any atom is -0.368 e. The third-order valence-corrected chi connectivity index (χ3v) is 4.28. The second-order valence-corrected chi connectivity index (χ2v) is 5.53.